The molecule has 0 saturated heterocycles. The average molecular weight is 230 g/mol. The van der Waals surface area contributed by atoms with E-state index >= 15 is 0 Å². The van der Waals surface area contributed by atoms with Gasteiger partial charge in [-0.2, -0.15) is 0 Å². The van der Waals surface area contributed by atoms with Gasteiger partial charge in [-0.15, -0.1) is 0 Å². The molecule has 0 atom stereocenters. The molecule has 0 saturated carbocycles. The Hall–Kier alpha value is -1.27. The molecule has 0 bridgehead atoms. The molecule has 0 fully saturated rings. The van der Waals surface area contributed by atoms with Crippen molar-refractivity contribution in [3.63, 3.8) is 0 Å². The Morgan fingerprint density at radius 3 is 2.60 bits per heavy atom. The number of rotatable bonds is 4. The van der Waals surface area contributed by atoms with Crippen LogP contribution in [0.25, 0.3) is 0 Å². The number of nitrogens with two attached hydrogens (primary N) is 1. The van der Waals surface area contributed by atoms with Gasteiger partial charge in [0.25, 0.3) is 0 Å². The van der Waals surface area contributed by atoms with Crippen LogP contribution in [0.3, 0.4) is 0 Å². The van der Waals surface area contributed by atoms with Crippen LogP contribution in [0.15, 0.2) is 23.1 Å². The lowest BCUT2D eigenvalue weighted by Gasteiger charge is -2.08. The van der Waals surface area contributed by atoms with Crippen LogP contribution in [0.1, 0.15) is 6.92 Å². The molecule has 1 rings (SSSR count). The SMILES string of the molecule is CCOc1ccc(S(=O)(=O)NC)c(N)c1. The van der Waals surface area contributed by atoms with E-state index < -0.39 is 10.0 Å². The molecule has 0 aliphatic carbocycles. The molecule has 15 heavy (non-hydrogen) atoms. The molecule has 0 aliphatic heterocycles. The molecule has 0 amide bonds. The van der Waals surface area contributed by atoms with Crippen LogP contribution in [-0.4, -0.2) is 22.1 Å². The first kappa shape index (κ1) is 11.8. The normalized spacial score (nSPS) is 11.3. The first-order chi connectivity index (χ1) is 7.01. The maximum absolute atomic E-state index is 11.5. The molecule has 3 N–H and O–H groups in total. The number of sulfonamides is 1. The minimum atomic E-state index is -3.49. The van der Waals surface area contributed by atoms with Gasteiger partial charge in [0.05, 0.1) is 12.3 Å². The predicted octanol–water partition coefficient (Wildman–Crippen LogP) is 0.576. The lowest BCUT2D eigenvalue weighted by atomic mass is 10.3. The second kappa shape index (κ2) is 4.50. The molecule has 0 aromatic heterocycles. The fourth-order valence-corrected chi connectivity index (χ4v) is 1.97. The summed E-state index contributed by atoms with van der Waals surface area (Å²) >= 11 is 0. The summed E-state index contributed by atoms with van der Waals surface area (Å²) in [7, 11) is -2.15. The number of ether oxygens (including phenoxy) is 1. The van der Waals surface area contributed by atoms with E-state index in [1.54, 1.807) is 6.07 Å². The lowest BCUT2D eigenvalue weighted by Crippen LogP contribution is -2.19. The van der Waals surface area contributed by atoms with Crippen LogP contribution in [0.4, 0.5) is 5.69 Å². The molecular formula is C9H14N2O3S. The molecule has 0 radical (unpaired) electrons. The van der Waals surface area contributed by atoms with E-state index in [-0.39, 0.29) is 10.6 Å². The minimum absolute atomic E-state index is 0.0634. The van der Waals surface area contributed by atoms with Crippen LogP contribution in [0, 0.1) is 0 Å². The molecule has 1 aromatic rings. The monoisotopic (exact) mass is 230 g/mol. The summed E-state index contributed by atoms with van der Waals surface area (Å²) in [6.07, 6.45) is 0. The highest BCUT2D eigenvalue weighted by molar-refractivity contribution is 7.89. The third kappa shape index (κ3) is 2.60. The van der Waals surface area contributed by atoms with E-state index in [4.69, 9.17) is 10.5 Å². The van der Waals surface area contributed by atoms with Crippen molar-refractivity contribution in [1.82, 2.24) is 4.72 Å². The summed E-state index contributed by atoms with van der Waals surface area (Å²) in [4.78, 5) is 0.0634. The Morgan fingerprint density at radius 2 is 2.13 bits per heavy atom. The van der Waals surface area contributed by atoms with Gasteiger partial charge in [0.2, 0.25) is 10.0 Å². The highest BCUT2D eigenvalue weighted by atomic mass is 32.2. The second-order valence-electron chi connectivity index (χ2n) is 2.84. The summed E-state index contributed by atoms with van der Waals surface area (Å²) < 4.78 is 30.3. The Balaban J connectivity index is 3.14. The zero-order valence-corrected chi connectivity index (χ0v) is 9.47. The van der Waals surface area contributed by atoms with Crippen molar-refractivity contribution in [1.29, 1.82) is 0 Å². The van der Waals surface area contributed by atoms with Crippen molar-refractivity contribution in [2.24, 2.45) is 0 Å². The molecule has 1 aromatic carbocycles. The van der Waals surface area contributed by atoms with Gasteiger partial charge in [0.1, 0.15) is 10.6 Å². The standard InChI is InChI=1S/C9H14N2O3S/c1-3-14-7-4-5-9(8(10)6-7)15(12,13)11-2/h4-6,11H,3,10H2,1-2H3. The Labute approximate surface area is 89.3 Å². The van der Waals surface area contributed by atoms with Gasteiger partial charge < -0.3 is 10.5 Å². The Bertz CT molecular complexity index is 443. The van der Waals surface area contributed by atoms with E-state index in [1.165, 1.54) is 19.2 Å². The number of hydrogen-bond acceptors (Lipinski definition) is 4. The predicted molar refractivity (Wildman–Crippen MR) is 58.3 cm³/mol. The van der Waals surface area contributed by atoms with Crippen LogP contribution in [0.2, 0.25) is 0 Å². The summed E-state index contributed by atoms with van der Waals surface area (Å²) in [5.41, 5.74) is 5.79. The quantitative estimate of drug-likeness (QED) is 0.741. The first-order valence-corrected chi connectivity index (χ1v) is 5.95. The topological polar surface area (TPSA) is 81.4 Å². The second-order valence-corrected chi connectivity index (χ2v) is 4.70. The van der Waals surface area contributed by atoms with E-state index in [0.717, 1.165) is 0 Å². The van der Waals surface area contributed by atoms with Crippen molar-refractivity contribution in [3.05, 3.63) is 18.2 Å². The summed E-state index contributed by atoms with van der Waals surface area (Å²) in [5, 5.41) is 0. The van der Waals surface area contributed by atoms with Gasteiger partial charge in [-0.05, 0) is 26.1 Å². The summed E-state index contributed by atoms with van der Waals surface area (Å²) in [6, 6.07) is 4.49. The van der Waals surface area contributed by atoms with E-state index in [1.807, 2.05) is 6.92 Å². The highest BCUT2D eigenvalue weighted by Gasteiger charge is 2.15. The van der Waals surface area contributed by atoms with Gasteiger partial charge in [0, 0.05) is 6.07 Å². The molecule has 84 valence electrons. The third-order valence-corrected chi connectivity index (χ3v) is 3.34. The Morgan fingerprint density at radius 1 is 1.47 bits per heavy atom. The van der Waals surface area contributed by atoms with Gasteiger partial charge in [-0.3, -0.25) is 0 Å². The van der Waals surface area contributed by atoms with Gasteiger partial charge in [-0.25, -0.2) is 13.1 Å². The zero-order chi connectivity index (χ0) is 11.5. The summed E-state index contributed by atoms with van der Waals surface area (Å²) in [5.74, 6) is 0.560. The van der Waals surface area contributed by atoms with Crippen molar-refractivity contribution in [2.45, 2.75) is 11.8 Å². The number of anilines is 1. The summed E-state index contributed by atoms with van der Waals surface area (Å²) in [6.45, 7) is 2.35. The van der Waals surface area contributed by atoms with Gasteiger partial charge in [-0.1, -0.05) is 0 Å². The average Bonchev–Trinajstić information content (AvgIpc) is 2.18. The van der Waals surface area contributed by atoms with Crippen molar-refractivity contribution in [3.8, 4) is 5.75 Å². The number of benzene rings is 1. The van der Waals surface area contributed by atoms with E-state index in [0.29, 0.717) is 12.4 Å². The number of nitrogen functional groups attached to an aromatic ring is 1. The largest absolute Gasteiger partial charge is 0.494 e. The van der Waals surface area contributed by atoms with Gasteiger partial charge in [0.15, 0.2) is 0 Å². The molecular weight excluding hydrogens is 216 g/mol. The van der Waals surface area contributed by atoms with Crippen LogP contribution < -0.4 is 15.2 Å². The highest BCUT2D eigenvalue weighted by Crippen LogP contribution is 2.23. The van der Waals surface area contributed by atoms with E-state index in [9.17, 15) is 8.42 Å². The number of nitrogens with one attached hydrogen (secondary N) is 1. The van der Waals surface area contributed by atoms with Crippen molar-refractivity contribution >= 4 is 15.7 Å². The fourth-order valence-electron chi connectivity index (χ4n) is 1.14. The molecule has 6 heteroatoms. The molecule has 5 nitrogen and oxygen atoms in total. The first-order valence-electron chi connectivity index (χ1n) is 4.47. The van der Waals surface area contributed by atoms with Crippen LogP contribution in [-0.2, 0) is 10.0 Å². The number of hydrogen-bond donors (Lipinski definition) is 2. The molecule has 0 aliphatic rings. The lowest BCUT2D eigenvalue weighted by molar-refractivity contribution is 0.340. The van der Waals surface area contributed by atoms with Gasteiger partial charge >= 0.3 is 0 Å². The van der Waals surface area contributed by atoms with Crippen LogP contribution >= 0.6 is 0 Å². The van der Waals surface area contributed by atoms with Crippen molar-refractivity contribution in [2.75, 3.05) is 19.4 Å². The van der Waals surface area contributed by atoms with Crippen molar-refractivity contribution < 1.29 is 13.2 Å². The Kier molecular flexibility index (Phi) is 3.54. The smallest absolute Gasteiger partial charge is 0.242 e. The molecule has 0 heterocycles. The van der Waals surface area contributed by atoms with Crippen LogP contribution in [0.5, 0.6) is 5.75 Å². The zero-order valence-electron chi connectivity index (χ0n) is 8.65. The fraction of sp³-hybridized carbons (Fsp3) is 0.333. The maximum Gasteiger partial charge on any atom is 0.242 e. The third-order valence-electron chi connectivity index (χ3n) is 1.85. The molecule has 0 spiro atoms. The molecule has 0 unspecified atom stereocenters. The van der Waals surface area contributed by atoms with E-state index in [2.05, 4.69) is 4.72 Å². The minimum Gasteiger partial charge on any atom is -0.494 e. The maximum atomic E-state index is 11.5.